The Morgan fingerprint density at radius 1 is 1.21 bits per heavy atom. The van der Waals surface area contributed by atoms with Crippen molar-refractivity contribution in [2.45, 2.75) is 20.5 Å². The van der Waals surface area contributed by atoms with Crippen LogP contribution < -0.4 is 5.73 Å². The molecule has 0 aliphatic carbocycles. The molecule has 29 heavy (non-hydrogen) atoms. The van der Waals surface area contributed by atoms with Gasteiger partial charge in [-0.15, -0.1) is 23.1 Å². The number of thiophene rings is 1. The molecule has 9 heteroatoms. The van der Waals surface area contributed by atoms with Crippen LogP contribution in [0.15, 0.2) is 74.9 Å². The van der Waals surface area contributed by atoms with Gasteiger partial charge in [-0.2, -0.15) is 0 Å². The van der Waals surface area contributed by atoms with Gasteiger partial charge in [-0.05, 0) is 36.1 Å². The predicted octanol–water partition coefficient (Wildman–Crippen LogP) is 3.98. The summed E-state index contributed by atoms with van der Waals surface area (Å²) in [7, 11) is -3.76. The second-order valence-corrected chi connectivity index (χ2v) is 10.4. The Hall–Kier alpha value is -2.62. The van der Waals surface area contributed by atoms with E-state index in [9.17, 15) is 8.42 Å². The van der Waals surface area contributed by atoms with E-state index in [1.165, 1.54) is 29.2 Å². The van der Waals surface area contributed by atoms with Crippen LogP contribution in [0.1, 0.15) is 10.4 Å². The first kappa shape index (κ1) is 19.7. The summed E-state index contributed by atoms with van der Waals surface area (Å²) in [4.78, 5) is 5.23. The van der Waals surface area contributed by atoms with E-state index in [0.29, 0.717) is 15.6 Å². The van der Waals surface area contributed by atoms with E-state index in [2.05, 4.69) is 4.98 Å². The molecule has 6 nitrogen and oxygen atoms in total. The Balaban J connectivity index is 1.80. The normalized spacial score (nSPS) is 11.8. The summed E-state index contributed by atoms with van der Waals surface area (Å²) >= 11 is 2.55. The molecule has 0 spiro atoms. The number of nitrogens with zero attached hydrogens (tertiary/aromatic N) is 2. The molecule has 0 amide bonds. The molecule has 148 valence electrons. The Kier molecular flexibility index (Phi) is 5.20. The zero-order valence-corrected chi connectivity index (χ0v) is 17.9. The van der Waals surface area contributed by atoms with Gasteiger partial charge >= 0.3 is 0 Å². The van der Waals surface area contributed by atoms with Crippen LogP contribution in [0.25, 0.3) is 11.0 Å². The van der Waals surface area contributed by atoms with E-state index < -0.39 is 9.84 Å². The Morgan fingerprint density at radius 2 is 1.97 bits per heavy atom. The molecule has 0 atom stereocenters. The number of rotatable bonds is 6. The van der Waals surface area contributed by atoms with Crippen molar-refractivity contribution in [3.05, 3.63) is 71.4 Å². The van der Waals surface area contributed by atoms with Crippen LogP contribution in [-0.2, 0) is 16.4 Å². The van der Waals surface area contributed by atoms with Gasteiger partial charge in [-0.3, -0.25) is 5.41 Å². The van der Waals surface area contributed by atoms with E-state index in [-0.39, 0.29) is 15.6 Å². The SMILES string of the molecule is CSc1sc(C(=N)N)cc1S(=O)(=O)c1ccc2ncn(Cc3ccccc3)c2c1. The molecule has 0 unspecified atom stereocenters. The zero-order chi connectivity index (χ0) is 20.6. The minimum absolute atomic E-state index is 0.136. The maximum absolute atomic E-state index is 13.3. The van der Waals surface area contributed by atoms with Gasteiger partial charge in [0.05, 0.1) is 36.2 Å². The lowest BCUT2D eigenvalue weighted by Gasteiger charge is -2.07. The molecule has 0 aliphatic heterocycles. The number of fused-ring (bicyclic) bond motifs is 1. The summed E-state index contributed by atoms with van der Waals surface area (Å²) in [6, 6.07) is 16.4. The van der Waals surface area contributed by atoms with Gasteiger partial charge in [0, 0.05) is 6.54 Å². The average Bonchev–Trinajstić information content (AvgIpc) is 3.33. The number of amidine groups is 1. The minimum atomic E-state index is -3.76. The van der Waals surface area contributed by atoms with Crippen LogP contribution in [0.2, 0.25) is 0 Å². The number of hydrogen-bond donors (Lipinski definition) is 2. The standard InChI is InChI=1S/C20H18N4O2S3/c1-27-20-18(10-17(28-20)19(21)22)29(25,26)14-7-8-15-16(9-14)24(12-23-15)11-13-5-3-2-4-6-13/h2-10,12H,11H2,1H3,(H3,21,22). The lowest BCUT2D eigenvalue weighted by atomic mass is 10.2. The Bertz CT molecular complexity index is 1310. The lowest BCUT2D eigenvalue weighted by Crippen LogP contribution is -2.09. The highest BCUT2D eigenvalue weighted by atomic mass is 32.2. The van der Waals surface area contributed by atoms with Crippen molar-refractivity contribution < 1.29 is 8.42 Å². The molecule has 0 bridgehead atoms. The van der Waals surface area contributed by atoms with Crippen molar-refractivity contribution in [3.63, 3.8) is 0 Å². The monoisotopic (exact) mass is 442 g/mol. The minimum Gasteiger partial charge on any atom is -0.383 e. The topological polar surface area (TPSA) is 102 Å². The number of hydrogen-bond acceptors (Lipinski definition) is 6. The number of imidazole rings is 1. The van der Waals surface area contributed by atoms with Crippen molar-refractivity contribution in [2.75, 3.05) is 6.26 Å². The summed E-state index contributed by atoms with van der Waals surface area (Å²) in [5.41, 5.74) is 8.16. The van der Waals surface area contributed by atoms with Crippen LogP contribution in [0.5, 0.6) is 0 Å². The number of sulfone groups is 1. The number of nitrogen functional groups attached to an aromatic ring is 1. The molecular formula is C20H18N4O2S3. The molecule has 0 saturated carbocycles. The fourth-order valence-electron chi connectivity index (χ4n) is 3.06. The maximum Gasteiger partial charge on any atom is 0.208 e. The van der Waals surface area contributed by atoms with Gasteiger partial charge in [-0.25, -0.2) is 13.4 Å². The first-order chi connectivity index (χ1) is 13.9. The molecule has 0 aliphatic rings. The smallest absolute Gasteiger partial charge is 0.208 e. The molecule has 4 rings (SSSR count). The number of nitrogens with one attached hydrogen (secondary N) is 1. The van der Waals surface area contributed by atoms with Crippen molar-refractivity contribution in [3.8, 4) is 0 Å². The van der Waals surface area contributed by atoms with Crippen LogP contribution in [0.4, 0.5) is 0 Å². The molecular weight excluding hydrogens is 424 g/mol. The van der Waals surface area contributed by atoms with E-state index in [1.807, 2.05) is 41.2 Å². The van der Waals surface area contributed by atoms with Crippen LogP contribution in [0.3, 0.4) is 0 Å². The summed E-state index contributed by atoms with van der Waals surface area (Å²) in [5.74, 6) is -0.136. The Labute approximate surface area is 176 Å². The van der Waals surface area contributed by atoms with Crippen molar-refractivity contribution in [1.82, 2.24) is 9.55 Å². The van der Waals surface area contributed by atoms with E-state index >= 15 is 0 Å². The zero-order valence-electron chi connectivity index (χ0n) is 15.5. The van der Waals surface area contributed by atoms with E-state index in [4.69, 9.17) is 11.1 Å². The highest BCUT2D eigenvalue weighted by Crippen LogP contribution is 2.37. The van der Waals surface area contributed by atoms with Crippen LogP contribution in [0, 0.1) is 5.41 Å². The van der Waals surface area contributed by atoms with Crippen molar-refractivity contribution in [1.29, 1.82) is 5.41 Å². The summed E-state index contributed by atoms with van der Waals surface area (Å²) in [5, 5.41) is 7.62. The molecule has 2 aromatic carbocycles. The Morgan fingerprint density at radius 3 is 2.66 bits per heavy atom. The highest BCUT2D eigenvalue weighted by Gasteiger charge is 2.25. The maximum atomic E-state index is 13.3. The summed E-state index contributed by atoms with van der Waals surface area (Å²) in [6.07, 6.45) is 3.53. The third-order valence-corrected chi connectivity index (χ3v) is 8.84. The third-order valence-electron chi connectivity index (χ3n) is 4.50. The van der Waals surface area contributed by atoms with Gasteiger partial charge in [0.2, 0.25) is 9.84 Å². The van der Waals surface area contributed by atoms with Gasteiger partial charge in [0.25, 0.3) is 0 Å². The number of nitrogens with two attached hydrogens (primary N) is 1. The second-order valence-electron chi connectivity index (χ2n) is 6.39. The second kappa shape index (κ2) is 7.66. The summed E-state index contributed by atoms with van der Waals surface area (Å²) < 4.78 is 29.2. The largest absolute Gasteiger partial charge is 0.383 e. The molecule has 3 N–H and O–H groups in total. The van der Waals surface area contributed by atoms with E-state index in [0.717, 1.165) is 16.6 Å². The molecule has 4 aromatic rings. The first-order valence-corrected chi connectivity index (χ1v) is 12.2. The predicted molar refractivity (Wildman–Crippen MR) is 118 cm³/mol. The number of thioether (sulfide) groups is 1. The van der Waals surface area contributed by atoms with E-state index in [1.54, 1.807) is 24.5 Å². The highest BCUT2D eigenvalue weighted by molar-refractivity contribution is 8.01. The van der Waals surface area contributed by atoms with Crippen molar-refractivity contribution in [2.24, 2.45) is 5.73 Å². The average molecular weight is 443 g/mol. The number of benzene rings is 2. The van der Waals surface area contributed by atoms with Gasteiger partial charge in [0.15, 0.2) is 0 Å². The van der Waals surface area contributed by atoms with Gasteiger partial charge < -0.3 is 10.3 Å². The fraction of sp³-hybridized carbons (Fsp3) is 0.100. The fourth-order valence-corrected chi connectivity index (χ4v) is 6.93. The molecule has 0 fully saturated rings. The van der Waals surface area contributed by atoms with Crippen LogP contribution >= 0.6 is 23.1 Å². The van der Waals surface area contributed by atoms with Crippen LogP contribution in [-0.4, -0.2) is 30.1 Å². The quantitative estimate of drug-likeness (QED) is 0.267. The van der Waals surface area contributed by atoms with Gasteiger partial charge in [0.1, 0.15) is 5.84 Å². The molecule has 0 saturated heterocycles. The lowest BCUT2D eigenvalue weighted by molar-refractivity contribution is 0.595. The third kappa shape index (κ3) is 3.68. The van der Waals surface area contributed by atoms with Crippen molar-refractivity contribution >= 4 is 49.8 Å². The van der Waals surface area contributed by atoms with Gasteiger partial charge in [-0.1, -0.05) is 30.3 Å². The summed E-state index contributed by atoms with van der Waals surface area (Å²) in [6.45, 7) is 0.601. The number of aromatic nitrogens is 2. The first-order valence-electron chi connectivity index (χ1n) is 8.66. The molecule has 2 heterocycles. The molecule has 2 aromatic heterocycles. The molecule has 0 radical (unpaired) electrons.